The number of fused-ring (bicyclic) bond motifs is 1. The van der Waals surface area contributed by atoms with Crippen molar-refractivity contribution in [1.82, 2.24) is 9.55 Å². The molecule has 0 aliphatic heterocycles. The maximum absolute atomic E-state index is 13.5. The number of nitrogens with zero attached hydrogens (tertiary/aromatic N) is 3. The van der Waals surface area contributed by atoms with Crippen molar-refractivity contribution >= 4 is 11.0 Å². The van der Waals surface area contributed by atoms with E-state index in [1.165, 1.54) is 12.1 Å². The van der Waals surface area contributed by atoms with Crippen LogP contribution in [-0.2, 0) is 13.1 Å². The first-order valence-corrected chi connectivity index (χ1v) is 6.53. The van der Waals surface area contributed by atoms with Gasteiger partial charge in [0, 0.05) is 30.9 Å². The van der Waals surface area contributed by atoms with Crippen LogP contribution >= 0.6 is 0 Å². The molecule has 3 aromatic rings. The third kappa shape index (κ3) is 2.49. The van der Waals surface area contributed by atoms with Crippen LogP contribution in [0.25, 0.3) is 11.0 Å². The maximum atomic E-state index is 13.5. The number of hydrogen-bond donors (Lipinski definition) is 1. The zero-order valence-electron chi connectivity index (χ0n) is 11.3. The molecule has 0 aliphatic carbocycles. The molecule has 2 aromatic heterocycles. The minimum atomic E-state index is -0.410. The van der Waals surface area contributed by atoms with E-state index in [0.29, 0.717) is 18.7 Å². The third-order valence-corrected chi connectivity index (χ3v) is 3.38. The van der Waals surface area contributed by atoms with Crippen LogP contribution in [0.3, 0.4) is 0 Å². The van der Waals surface area contributed by atoms with Gasteiger partial charge in [-0.1, -0.05) is 0 Å². The number of aromatic nitrogens is 2. The van der Waals surface area contributed by atoms with E-state index in [9.17, 15) is 4.39 Å². The van der Waals surface area contributed by atoms with Gasteiger partial charge in [-0.3, -0.25) is 0 Å². The van der Waals surface area contributed by atoms with Crippen molar-refractivity contribution in [2.45, 2.75) is 13.1 Å². The van der Waals surface area contributed by atoms with Crippen LogP contribution in [0.2, 0.25) is 0 Å². The Hall–Kier alpha value is -2.71. The molecule has 4 nitrogen and oxygen atoms in total. The topological polar surface area (TPSA) is 67.6 Å². The van der Waals surface area contributed by atoms with Gasteiger partial charge in [0.15, 0.2) is 0 Å². The van der Waals surface area contributed by atoms with Gasteiger partial charge in [0.05, 0.1) is 11.6 Å². The zero-order chi connectivity index (χ0) is 14.8. The Labute approximate surface area is 121 Å². The summed E-state index contributed by atoms with van der Waals surface area (Å²) in [5, 5.41) is 9.91. The molecule has 0 radical (unpaired) electrons. The quantitative estimate of drug-likeness (QED) is 0.801. The van der Waals surface area contributed by atoms with Gasteiger partial charge in [-0.2, -0.15) is 5.26 Å². The third-order valence-electron chi connectivity index (χ3n) is 3.38. The number of nitriles is 1. The smallest absolute Gasteiger partial charge is 0.140 e. The molecule has 3 rings (SSSR count). The molecule has 0 fully saturated rings. The molecular weight excluding hydrogens is 267 g/mol. The van der Waals surface area contributed by atoms with Gasteiger partial charge in [0.1, 0.15) is 11.5 Å². The van der Waals surface area contributed by atoms with Gasteiger partial charge in [-0.15, -0.1) is 0 Å². The lowest BCUT2D eigenvalue weighted by Gasteiger charge is -2.05. The number of hydrogen-bond acceptors (Lipinski definition) is 3. The second-order valence-corrected chi connectivity index (χ2v) is 4.82. The lowest BCUT2D eigenvalue weighted by atomic mass is 10.1. The fourth-order valence-corrected chi connectivity index (χ4v) is 2.48. The fourth-order valence-electron chi connectivity index (χ4n) is 2.48. The van der Waals surface area contributed by atoms with E-state index in [-0.39, 0.29) is 0 Å². The summed E-state index contributed by atoms with van der Waals surface area (Å²) in [6, 6.07) is 10.1. The SMILES string of the molecule is N#Cc1cc(F)cc(Cn2cc(CN)c3cccnc32)c1. The normalized spacial score (nSPS) is 10.7. The van der Waals surface area contributed by atoms with Crippen LogP contribution < -0.4 is 5.73 Å². The number of pyridine rings is 1. The molecule has 0 spiro atoms. The van der Waals surface area contributed by atoms with Crippen molar-refractivity contribution in [3.63, 3.8) is 0 Å². The number of benzene rings is 1. The van der Waals surface area contributed by atoms with Gasteiger partial charge >= 0.3 is 0 Å². The molecular formula is C16H13FN4. The molecule has 2 heterocycles. The summed E-state index contributed by atoms with van der Waals surface area (Å²) in [6.45, 7) is 0.863. The highest BCUT2D eigenvalue weighted by atomic mass is 19.1. The van der Waals surface area contributed by atoms with Crippen molar-refractivity contribution in [2.75, 3.05) is 0 Å². The van der Waals surface area contributed by atoms with Crippen molar-refractivity contribution < 1.29 is 4.39 Å². The Morgan fingerprint density at radius 2 is 2.19 bits per heavy atom. The van der Waals surface area contributed by atoms with Gasteiger partial charge in [0.25, 0.3) is 0 Å². The van der Waals surface area contributed by atoms with Crippen LogP contribution in [-0.4, -0.2) is 9.55 Å². The predicted octanol–water partition coefficient (Wildman–Crippen LogP) is 2.55. The molecule has 0 amide bonds. The van der Waals surface area contributed by atoms with Crippen molar-refractivity contribution in [1.29, 1.82) is 5.26 Å². The summed E-state index contributed by atoms with van der Waals surface area (Å²) in [5.41, 5.74) is 8.58. The van der Waals surface area contributed by atoms with E-state index < -0.39 is 5.82 Å². The summed E-state index contributed by atoms with van der Waals surface area (Å²) in [5.74, 6) is -0.410. The molecule has 0 atom stereocenters. The second kappa shape index (κ2) is 5.35. The first kappa shape index (κ1) is 13.3. The van der Waals surface area contributed by atoms with Crippen LogP contribution in [0.1, 0.15) is 16.7 Å². The number of halogens is 1. The lowest BCUT2D eigenvalue weighted by molar-refractivity contribution is 0.623. The highest BCUT2D eigenvalue weighted by Gasteiger charge is 2.09. The summed E-state index contributed by atoms with van der Waals surface area (Å²) < 4.78 is 15.4. The molecule has 1 aromatic carbocycles. The molecule has 0 saturated carbocycles. The largest absolute Gasteiger partial charge is 0.328 e. The molecule has 2 N–H and O–H groups in total. The Morgan fingerprint density at radius 1 is 1.33 bits per heavy atom. The number of nitrogens with two attached hydrogens (primary N) is 1. The predicted molar refractivity (Wildman–Crippen MR) is 77.8 cm³/mol. The summed E-state index contributed by atoms with van der Waals surface area (Å²) in [7, 11) is 0. The molecule has 21 heavy (non-hydrogen) atoms. The Bertz CT molecular complexity index is 845. The van der Waals surface area contributed by atoms with E-state index in [1.807, 2.05) is 29.0 Å². The fraction of sp³-hybridized carbons (Fsp3) is 0.125. The minimum absolute atomic E-state index is 0.313. The van der Waals surface area contributed by atoms with Gasteiger partial charge in [-0.25, -0.2) is 9.37 Å². The Balaban J connectivity index is 2.06. The van der Waals surface area contributed by atoms with E-state index >= 15 is 0 Å². The van der Waals surface area contributed by atoms with Gasteiger partial charge in [-0.05, 0) is 41.5 Å². The van der Waals surface area contributed by atoms with Crippen molar-refractivity contribution in [2.24, 2.45) is 5.73 Å². The average molecular weight is 280 g/mol. The first-order chi connectivity index (χ1) is 10.2. The highest BCUT2D eigenvalue weighted by Crippen LogP contribution is 2.20. The lowest BCUT2D eigenvalue weighted by Crippen LogP contribution is -2.00. The molecule has 0 bridgehead atoms. The Kier molecular flexibility index (Phi) is 3.38. The van der Waals surface area contributed by atoms with E-state index in [0.717, 1.165) is 22.2 Å². The number of rotatable bonds is 3. The van der Waals surface area contributed by atoms with E-state index in [4.69, 9.17) is 11.0 Å². The van der Waals surface area contributed by atoms with Crippen molar-refractivity contribution in [3.8, 4) is 6.07 Å². The zero-order valence-corrected chi connectivity index (χ0v) is 11.3. The van der Waals surface area contributed by atoms with E-state index in [1.54, 1.807) is 12.3 Å². The molecule has 5 heteroatoms. The molecule has 0 unspecified atom stereocenters. The Morgan fingerprint density at radius 3 is 2.95 bits per heavy atom. The summed E-state index contributed by atoms with van der Waals surface area (Å²) in [6.07, 6.45) is 3.64. The van der Waals surface area contributed by atoms with E-state index in [2.05, 4.69) is 4.98 Å². The minimum Gasteiger partial charge on any atom is -0.328 e. The van der Waals surface area contributed by atoms with Crippen LogP contribution in [0, 0.1) is 17.1 Å². The first-order valence-electron chi connectivity index (χ1n) is 6.53. The van der Waals surface area contributed by atoms with Crippen molar-refractivity contribution in [3.05, 3.63) is 65.2 Å². The molecule has 104 valence electrons. The van der Waals surface area contributed by atoms with Crippen LogP contribution in [0.5, 0.6) is 0 Å². The standard InChI is InChI=1S/C16H13FN4/c17-14-5-11(7-18)4-12(6-14)9-21-10-13(8-19)15-2-1-3-20-16(15)21/h1-6,10H,8-9,19H2. The maximum Gasteiger partial charge on any atom is 0.140 e. The van der Waals surface area contributed by atoms with Gasteiger partial charge < -0.3 is 10.3 Å². The van der Waals surface area contributed by atoms with Crippen LogP contribution in [0.4, 0.5) is 4.39 Å². The highest BCUT2D eigenvalue weighted by molar-refractivity contribution is 5.80. The average Bonchev–Trinajstić information content (AvgIpc) is 2.85. The van der Waals surface area contributed by atoms with Crippen LogP contribution in [0.15, 0.2) is 42.7 Å². The summed E-state index contributed by atoms with van der Waals surface area (Å²) >= 11 is 0. The van der Waals surface area contributed by atoms with Gasteiger partial charge in [0.2, 0.25) is 0 Å². The molecule has 0 saturated heterocycles. The monoisotopic (exact) mass is 280 g/mol. The molecule has 0 aliphatic rings. The second-order valence-electron chi connectivity index (χ2n) is 4.82. The summed E-state index contributed by atoms with van der Waals surface area (Å²) in [4.78, 5) is 4.36.